The molecule has 1 aromatic heterocycles. The molecular formula is C12H10FNO3. The summed E-state index contributed by atoms with van der Waals surface area (Å²) in [5.74, 6) is -1.36. The summed E-state index contributed by atoms with van der Waals surface area (Å²) in [6.45, 7) is -0.396. The first-order chi connectivity index (χ1) is 8.20. The summed E-state index contributed by atoms with van der Waals surface area (Å²) in [7, 11) is 0. The zero-order chi connectivity index (χ0) is 12.3. The molecule has 4 nitrogen and oxygen atoms in total. The molecule has 1 N–H and O–H groups in total. The predicted octanol–water partition coefficient (Wildman–Crippen LogP) is 2.55. The lowest BCUT2D eigenvalue weighted by molar-refractivity contribution is 0.0652. The molecule has 0 aliphatic rings. The van der Waals surface area contributed by atoms with Crippen LogP contribution in [0.5, 0.6) is 0 Å². The second kappa shape index (κ2) is 4.78. The van der Waals surface area contributed by atoms with Crippen LogP contribution in [0.25, 0.3) is 11.3 Å². The second-order valence-corrected chi connectivity index (χ2v) is 3.52. The molecule has 0 saturated heterocycles. The van der Waals surface area contributed by atoms with Gasteiger partial charge in [-0.1, -0.05) is 29.4 Å². The van der Waals surface area contributed by atoms with Gasteiger partial charge in [-0.25, -0.2) is 4.79 Å². The summed E-state index contributed by atoms with van der Waals surface area (Å²) in [4.78, 5) is 10.6. The van der Waals surface area contributed by atoms with E-state index in [0.29, 0.717) is 12.1 Å². The zero-order valence-corrected chi connectivity index (χ0v) is 8.89. The maximum atomic E-state index is 12.1. The van der Waals surface area contributed by atoms with Crippen LogP contribution in [-0.4, -0.2) is 22.9 Å². The lowest BCUT2D eigenvalue weighted by atomic mass is 10.1. The highest BCUT2D eigenvalue weighted by atomic mass is 19.1. The number of carbonyl (C=O) groups is 1. The average Bonchev–Trinajstić information content (AvgIpc) is 2.80. The molecule has 1 heterocycles. The van der Waals surface area contributed by atoms with Crippen LogP contribution in [0.1, 0.15) is 16.1 Å². The Bertz CT molecular complexity index is 519. The van der Waals surface area contributed by atoms with Crippen LogP contribution < -0.4 is 0 Å². The third-order valence-corrected chi connectivity index (χ3v) is 2.35. The molecule has 1 aromatic carbocycles. The average molecular weight is 235 g/mol. The Morgan fingerprint density at radius 1 is 1.35 bits per heavy atom. The van der Waals surface area contributed by atoms with Gasteiger partial charge in [-0.15, -0.1) is 0 Å². The quantitative estimate of drug-likeness (QED) is 0.884. The Balaban J connectivity index is 2.23. The van der Waals surface area contributed by atoms with Crippen LogP contribution in [0, 0.1) is 0 Å². The summed E-state index contributed by atoms with van der Waals surface area (Å²) in [5.41, 5.74) is 2.08. The first kappa shape index (κ1) is 11.3. The van der Waals surface area contributed by atoms with E-state index in [-0.39, 0.29) is 5.76 Å². The SMILES string of the molecule is O=C(O)c1cc(-c2ccc(CCF)cc2)no1. The van der Waals surface area contributed by atoms with Gasteiger partial charge >= 0.3 is 5.97 Å². The van der Waals surface area contributed by atoms with E-state index in [1.165, 1.54) is 6.07 Å². The molecule has 0 amide bonds. The van der Waals surface area contributed by atoms with Crippen molar-refractivity contribution in [1.29, 1.82) is 0 Å². The van der Waals surface area contributed by atoms with Crippen molar-refractivity contribution in [3.05, 3.63) is 41.7 Å². The van der Waals surface area contributed by atoms with E-state index in [9.17, 15) is 9.18 Å². The van der Waals surface area contributed by atoms with E-state index in [0.717, 1.165) is 11.1 Å². The highest BCUT2D eigenvalue weighted by Gasteiger charge is 2.11. The van der Waals surface area contributed by atoms with Crippen LogP contribution in [0.3, 0.4) is 0 Å². The minimum atomic E-state index is -1.15. The van der Waals surface area contributed by atoms with Crippen LogP contribution in [0.4, 0.5) is 4.39 Å². The predicted molar refractivity (Wildman–Crippen MR) is 58.6 cm³/mol. The molecule has 0 fully saturated rings. The molecule has 0 radical (unpaired) electrons. The van der Waals surface area contributed by atoms with Gasteiger partial charge in [0.2, 0.25) is 5.76 Å². The molecule has 0 saturated carbocycles. The normalized spacial score (nSPS) is 10.4. The zero-order valence-electron chi connectivity index (χ0n) is 8.89. The first-order valence-corrected chi connectivity index (χ1v) is 5.06. The number of alkyl halides is 1. The van der Waals surface area contributed by atoms with E-state index < -0.39 is 12.6 Å². The standard InChI is InChI=1S/C12H10FNO3/c13-6-5-8-1-3-9(4-2-8)10-7-11(12(15)16)17-14-10/h1-4,7H,5-6H2,(H,15,16). The summed E-state index contributed by atoms with van der Waals surface area (Å²) in [5, 5.41) is 12.3. The molecule has 17 heavy (non-hydrogen) atoms. The van der Waals surface area contributed by atoms with Gasteiger partial charge in [0.15, 0.2) is 0 Å². The van der Waals surface area contributed by atoms with Crippen molar-refractivity contribution in [3.63, 3.8) is 0 Å². The Hall–Kier alpha value is -2.17. The van der Waals surface area contributed by atoms with Crippen molar-refractivity contribution in [3.8, 4) is 11.3 Å². The van der Waals surface area contributed by atoms with Crippen LogP contribution in [0.15, 0.2) is 34.9 Å². The number of aromatic carboxylic acids is 1. The Labute approximate surface area is 96.7 Å². The van der Waals surface area contributed by atoms with Gasteiger partial charge in [0, 0.05) is 18.1 Å². The largest absolute Gasteiger partial charge is 0.475 e. The van der Waals surface area contributed by atoms with E-state index in [1.807, 2.05) is 0 Å². The van der Waals surface area contributed by atoms with Crippen LogP contribution in [0.2, 0.25) is 0 Å². The van der Waals surface area contributed by atoms with Crippen molar-refractivity contribution in [1.82, 2.24) is 5.16 Å². The fourth-order valence-electron chi connectivity index (χ4n) is 1.46. The van der Waals surface area contributed by atoms with E-state index in [4.69, 9.17) is 5.11 Å². The molecule has 2 aromatic rings. The van der Waals surface area contributed by atoms with Crippen molar-refractivity contribution in [2.45, 2.75) is 6.42 Å². The highest BCUT2D eigenvalue weighted by molar-refractivity contribution is 5.85. The lowest BCUT2D eigenvalue weighted by Gasteiger charge is -1.98. The summed E-state index contributed by atoms with van der Waals surface area (Å²) in [6, 6.07) is 8.43. The number of carboxylic acids is 1. The number of rotatable bonds is 4. The third kappa shape index (κ3) is 2.50. The van der Waals surface area contributed by atoms with Gasteiger partial charge in [0.05, 0.1) is 6.67 Å². The second-order valence-electron chi connectivity index (χ2n) is 3.52. The molecule has 88 valence electrons. The number of nitrogens with zero attached hydrogens (tertiary/aromatic N) is 1. The fraction of sp³-hybridized carbons (Fsp3) is 0.167. The molecule has 0 atom stereocenters. The highest BCUT2D eigenvalue weighted by Crippen LogP contribution is 2.19. The molecule has 2 rings (SSSR count). The van der Waals surface area contributed by atoms with Gasteiger partial charge < -0.3 is 9.63 Å². The number of hydrogen-bond acceptors (Lipinski definition) is 3. The first-order valence-electron chi connectivity index (χ1n) is 5.06. The fourth-order valence-corrected chi connectivity index (χ4v) is 1.46. The molecule has 0 aliphatic heterocycles. The van der Waals surface area contributed by atoms with E-state index in [1.54, 1.807) is 24.3 Å². The smallest absolute Gasteiger partial charge is 0.374 e. The molecule has 0 bridgehead atoms. The van der Waals surface area contributed by atoms with Crippen molar-refractivity contribution in [2.75, 3.05) is 6.67 Å². The van der Waals surface area contributed by atoms with Gasteiger partial charge in [0.1, 0.15) is 5.69 Å². The Morgan fingerprint density at radius 2 is 2.06 bits per heavy atom. The van der Waals surface area contributed by atoms with E-state index in [2.05, 4.69) is 9.68 Å². The maximum Gasteiger partial charge on any atom is 0.374 e. The van der Waals surface area contributed by atoms with Crippen LogP contribution >= 0.6 is 0 Å². The molecule has 0 unspecified atom stereocenters. The number of aryl methyl sites for hydroxylation is 1. The number of hydrogen-bond donors (Lipinski definition) is 1. The lowest BCUT2D eigenvalue weighted by Crippen LogP contribution is -1.91. The van der Waals surface area contributed by atoms with Crippen LogP contribution in [-0.2, 0) is 6.42 Å². The van der Waals surface area contributed by atoms with Crippen molar-refractivity contribution in [2.24, 2.45) is 0 Å². The summed E-state index contributed by atoms with van der Waals surface area (Å²) >= 11 is 0. The molecule has 5 heteroatoms. The van der Waals surface area contributed by atoms with Crippen molar-refractivity contribution < 1.29 is 18.8 Å². The number of aromatic nitrogens is 1. The summed E-state index contributed by atoms with van der Waals surface area (Å²) < 4.78 is 16.8. The van der Waals surface area contributed by atoms with Gasteiger partial charge in [-0.05, 0) is 5.56 Å². The van der Waals surface area contributed by atoms with Gasteiger partial charge in [-0.2, -0.15) is 0 Å². The third-order valence-electron chi connectivity index (χ3n) is 2.35. The number of carboxylic acid groups (broad SMARTS) is 1. The van der Waals surface area contributed by atoms with Gasteiger partial charge in [0.25, 0.3) is 0 Å². The number of halogens is 1. The van der Waals surface area contributed by atoms with Crippen molar-refractivity contribution >= 4 is 5.97 Å². The van der Waals surface area contributed by atoms with E-state index >= 15 is 0 Å². The summed E-state index contributed by atoms with van der Waals surface area (Å²) in [6.07, 6.45) is 0.374. The topological polar surface area (TPSA) is 63.3 Å². The minimum absolute atomic E-state index is 0.201. The minimum Gasteiger partial charge on any atom is -0.475 e. The Morgan fingerprint density at radius 3 is 2.59 bits per heavy atom. The maximum absolute atomic E-state index is 12.1. The van der Waals surface area contributed by atoms with Gasteiger partial charge in [-0.3, -0.25) is 4.39 Å². The molecule has 0 aliphatic carbocycles. The number of benzene rings is 1. The molecule has 0 spiro atoms. The monoisotopic (exact) mass is 235 g/mol. The molecular weight excluding hydrogens is 225 g/mol. The Kier molecular flexibility index (Phi) is 3.18.